The molecule has 0 aliphatic rings. The summed E-state index contributed by atoms with van der Waals surface area (Å²) in [6, 6.07) is 12.1. The summed E-state index contributed by atoms with van der Waals surface area (Å²) in [5, 5.41) is 8.90. The third kappa shape index (κ3) is 2.11. The van der Waals surface area contributed by atoms with Crippen molar-refractivity contribution in [3.8, 4) is 17.2 Å². The number of hydrogen-bond donors (Lipinski definition) is 1. The van der Waals surface area contributed by atoms with Gasteiger partial charge in [0.25, 0.3) is 0 Å². The second kappa shape index (κ2) is 4.26. The maximum atomic E-state index is 13.2. The average molecular weight is 226 g/mol. The summed E-state index contributed by atoms with van der Waals surface area (Å²) in [7, 11) is 0. The summed E-state index contributed by atoms with van der Waals surface area (Å²) in [6.45, 7) is 1.71. The van der Waals surface area contributed by atoms with Gasteiger partial charge in [-0.3, -0.25) is 0 Å². The second-order valence-corrected chi connectivity index (χ2v) is 3.88. The first-order chi connectivity index (χ1) is 8.11. The van der Waals surface area contributed by atoms with Crippen LogP contribution in [0.5, 0.6) is 0 Å². The SMILES string of the molecule is Cc1cc(-c2ccc(N)c(C#N)c2)ccc1F. The molecule has 2 N–H and O–H groups in total. The fourth-order valence-electron chi connectivity index (χ4n) is 1.66. The van der Waals surface area contributed by atoms with Crippen molar-refractivity contribution in [3.63, 3.8) is 0 Å². The van der Waals surface area contributed by atoms with E-state index in [0.29, 0.717) is 16.8 Å². The molecule has 0 radical (unpaired) electrons. The van der Waals surface area contributed by atoms with Gasteiger partial charge >= 0.3 is 0 Å². The molecule has 0 aliphatic carbocycles. The molecular weight excluding hydrogens is 215 g/mol. The van der Waals surface area contributed by atoms with Crippen molar-refractivity contribution >= 4 is 5.69 Å². The van der Waals surface area contributed by atoms with Crippen molar-refractivity contribution in [1.29, 1.82) is 5.26 Å². The molecule has 0 saturated heterocycles. The summed E-state index contributed by atoms with van der Waals surface area (Å²) in [4.78, 5) is 0. The van der Waals surface area contributed by atoms with Gasteiger partial charge in [0.15, 0.2) is 0 Å². The monoisotopic (exact) mass is 226 g/mol. The number of anilines is 1. The zero-order valence-electron chi connectivity index (χ0n) is 9.37. The molecule has 0 unspecified atom stereocenters. The largest absolute Gasteiger partial charge is 0.398 e. The van der Waals surface area contributed by atoms with E-state index >= 15 is 0 Å². The Bertz CT molecular complexity index is 612. The number of rotatable bonds is 1. The highest BCUT2D eigenvalue weighted by molar-refractivity contribution is 5.70. The number of aryl methyl sites for hydroxylation is 1. The zero-order chi connectivity index (χ0) is 12.4. The lowest BCUT2D eigenvalue weighted by atomic mass is 10.0. The van der Waals surface area contributed by atoms with Crippen molar-refractivity contribution in [3.05, 3.63) is 53.3 Å². The normalized spacial score (nSPS) is 9.94. The van der Waals surface area contributed by atoms with Crippen LogP contribution in [0.15, 0.2) is 36.4 Å². The molecule has 17 heavy (non-hydrogen) atoms. The standard InChI is InChI=1S/C14H11FN2/c1-9-6-10(2-4-13(9)15)11-3-5-14(17)12(7-11)8-16/h2-7H,17H2,1H3. The Morgan fingerprint density at radius 3 is 2.41 bits per heavy atom. The van der Waals surface area contributed by atoms with Gasteiger partial charge in [-0.2, -0.15) is 5.26 Å². The molecule has 0 heterocycles. The number of nitrogens with zero attached hydrogens (tertiary/aromatic N) is 1. The molecule has 0 aliphatic heterocycles. The first-order valence-corrected chi connectivity index (χ1v) is 5.18. The van der Waals surface area contributed by atoms with E-state index in [-0.39, 0.29) is 5.82 Å². The van der Waals surface area contributed by atoms with Gasteiger partial charge in [-0.15, -0.1) is 0 Å². The summed E-state index contributed by atoms with van der Waals surface area (Å²) in [5.74, 6) is -0.232. The van der Waals surface area contributed by atoms with Gasteiger partial charge in [0.1, 0.15) is 11.9 Å². The number of nitrogen functional groups attached to an aromatic ring is 1. The molecular formula is C14H11FN2. The first kappa shape index (κ1) is 11.2. The molecule has 0 spiro atoms. The van der Waals surface area contributed by atoms with Gasteiger partial charge in [-0.25, -0.2) is 4.39 Å². The molecule has 0 atom stereocenters. The number of halogens is 1. The molecule has 0 amide bonds. The predicted octanol–water partition coefficient (Wildman–Crippen LogP) is 3.26. The molecule has 2 rings (SSSR count). The van der Waals surface area contributed by atoms with Gasteiger partial charge in [-0.05, 0) is 47.9 Å². The minimum atomic E-state index is -0.232. The van der Waals surface area contributed by atoms with Crippen LogP contribution >= 0.6 is 0 Å². The molecule has 2 nitrogen and oxygen atoms in total. The van der Waals surface area contributed by atoms with Crippen LogP contribution in [0.1, 0.15) is 11.1 Å². The number of nitrogens with two attached hydrogens (primary N) is 1. The van der Waals surface area contributed by atoms with Gasteiger partial charge < -0.3 is 5.73 Å². The second-order valence-electron chi connectivity index (χ2n) is 3.88. The van der Waals surface area contributed by atoms with E-state index in [1.165, 1.54) is 6.07 Å². The number of nitriles is 1. The van der Waals surface area contributed by atoms with E-state index in [0.717, 1.165) is 11.1 Å². The van der Waals surface area contributed by atoms with Gasteiger partial charge in [0.2, 0.25) is 0 Å². The highest BCUT2D eigenvalue weighted by Gasteiger charge is 2.04. The van der Waals surface area contributed by atoms with Crippen molar-refractivity contribution in [2.24, 2.45) is 0 Å². The van der Waals surface area contributed by atoms with Gasteiger partial charge in [0.05, 0.1) is 5.56 Å². The topological polar surface area (TPSA) is 49.8 Å². The van der Waals surface area contributed by atoms with Crippen LogP contribution in [0.2, 0.25) is 0 Å². The van der Waals surface area contributed by atoms with Gasteiger partial charge in [-0.1, -0.05) is 12.1 Å². The molecule has 2 aromatic carbocycles. The molecule has 2 aromatic rings. The highest BCUT2D eigenvalue weighted by atomic mass is 19.1. The Hall–Kier alpha value is -2.34. The smallest absolute Gasteiger partial charge is 0.126 e. The maximum absolute atomic E-state index is 13.2. The maximum Gasteiger partial charge on any atom is 0.126 e. The minimum Gasteiger partial charge on any atom is -0.398 e. The van der Waals surface area contributed by atoms with Crippen LogP contribution in [0, 0.1) is 24.1 Å². The van der Waals surface area contributed by atoms with E-state index in [1.54, 1.807) is 31.2 Å². The lowest BCUT2D eigenvalue weighted by molar-refractivity contribution is 0.619. The third-order valence-electron chi connectivity index (χ3n) is 2.67. The summed E-state index contributed by atoms with van der Waals surface area (Å²) in [6.07, 6.45) is 0. The fourth-order valence-corrected chi connectivity index (χ4v) is 1.66. The third-order valence-corrected chi connectivity index (χ3v) is 2.67. The molecule has 0 aromatic heterocycles. The van der Waals surface area contributed by atoms with Crippen LogP contribution in [-0.2, 0) is 0 Å². The Morgan fingerprint density at radius 1 is 1.12 bits per heavy atom. The van der Waals surface area contributed by atoms with Crippen LogP contribution in [0.3, 0.4) is 0 Å². The lowest BCUT2D eigenvalue weighted by Gasteiger charge is -2.05. The van der Waals surface area contributed by atoms with E-state index in [4.69, 9.17) is 11.0 Å². The van der Waals surface area contributed by atoms with Crippen molar-refractivity contribution in [1.82, 2.24) is 0 Å². The Balaban J connectivity index is 2.54. The Kier molecular flexibility index (Phi) is 2.80. The molecule has 0 fully saturated rings. The minimum absolute atomic E-state index is 0.232. The zero-order valence-corrected chi connectivity index (χ0v) is 9.37. The molecule has 84 valence electrons. The Morgan fingerprint density at radius 2 is 1.76 bits per heavy atom. The molecule has 3 heteroatoms. The predicted molar refractivity (Wildman–Crippen MR) is 65.7 cm³/mol. The molecule has 0 bridgehead atoms. The van der Waals surface area contributed by atoms with Crippen molar-refractivity contribution in [2.75, 3.05) is 5.73 Å². The number of benzene rings is 2. The van der Waals surface area contributed by atoms with E-state index in [9.17, 15) is 4.39 Å². The summed E-state index contributed by atoms with van der Waals surface area (Å²) in [5.41, 5.74) is 8.85. The van der Waals surface area contributed by atoms with Crippen LogP contribution in [-0.4, -0.2) is 0 Å². The van der Waals surface area contributed by atoms with Crippen molar-refractivity contribution < 1.29 is 4.39 Å². The number of hydrogen-bond acceptors (Lipinski definition) is 2. The molecule has 0 saturated carbocycles. The van der Waals surface area contributed by atoms with E-state index in [2.05, 4.69) is 0 Å². The lowest BCUT2D eigenvalue weighted by Crippen LogP contribution is -1.91. The highest BCUT2D eigenvalue weighted by Crippen LogP contribution is 2.25. The average Bonchev–Trinajstić information content (AvgIpc) is 2.33. The van der Waals surface area contributed by atoms with Crippen LogP contribution in [0.25, 0.3) is 11.1 Å². The fraction of sp³-hybridized carbons (Fsp3) is 0.0714. The summed E-state index contributed by atoms with van der Waals surface area (Å²) >= 11 is 0. The first-order valence-electron chi connectivity index (χ1n) is 5.18. The van der Waals surface area contributed by atoms with Gasteiger partial charge in [0, 0.05) is 5.69 Å². The van der Waals surface area contributed by atoms with Crippen LogP contribution < -0.4 is 5.73 Å². The summed E-state index contributed by atoms with van der Waals surface area (Å²) < 4.78 is 13.2. The van der Waals surface area contributed by atoms with E-state index < -0.39 is 0 Å². The quantitative estimate of drug-likeness (QED) is 0.759. The Labute approximate surface area is 99.1 Å². The van der Waals surface area contributed by atoms with Crippen molar-refractivity contribution in [2.45, 2.75) is 6.92 Å². The van der Waals surface area contributed by atoms with Crippen LogP contribution in [0.4, 0.5) is 10.1 Å². The van der Waals surface area contributed by atoms with E-state index in [1.807, 2.05) is 12.1 Å².